The molecule has 0 amide bonds. The molecule has 154 valence electrons. The molecule has 8 heteroatoms. The number of hydrogen-bond donors (Lipinski definition) is 1. The third-order valence-electron chi connectivity index (χ3n) is 6.13. The molecule has 0 radical (unpaired) electrons. The van der Waals surface area contributed by atoms with Gasteiger partial charge in [-0.25, -0.2) is 15.0 Å². The average molecular weight is 458 g/mol. The van der Waals surface area contributed by atoms with E-state index in [2.05, 4.69) is 44.1 Å². The summed E-state index contributed by atoms with van der Waals surface area (Å²) >= 11 is 13.6. The lowest BCUT2D eigenvalue weighted by atomic mass is 9.76. The smallest absolute Gasteiger partial charge is 0.151 e. The summed E-state index contributed by atoms with van der Waals surface area (Å²) < 4.78 is 0. The van der Waals surface area contributed by atoms with Crippen LogP contribution >= 0.6 is 35.0 Å². The highest BCUT2D eigenvalue weighted by atomic mass is 35.5. The number of aromatic nitrogens is 3. The fourth-order valence-corrected chi connectivity index (χ4v) is 5.81. The highest BCUT2D eigenvalue weighted by Gasteiger charge is 2.39. The van der Waals surface area contributed by atoms with Gasteiger partial charge >= 0.3 is 0 Å². The first kappa shape index (κ1) is 19.9. The van der Waals surface area contributed by atoms with E-state index < -0.39 is 0 Å². The Morgan fingerprint density at radius 2 is 1.70 bits per heavy atom. The molecule has 2 N–H and O–H groups in total. The SMILES string of the molecule is Nc1cc(Sc2cnc(N3CCC4(CC3)Cc3ccccc3C4)cn2)c(Cl)c(Cl)n1. The number of nitrogen functional groups attached to an aromatic ring is 1. The second kappa shape index (κ2) is 7.91. The Kier molecular flexibility index (Phi) is 5.25. The van der Waals surface area contributed by atoms with Gasteiger partial charge in [0.15, 0.2) is 5.15 Å². The van der Waals surface area contributed by atoms with Crippen LogP contribution in [0, 0.1) is 5.41 Å². The van der Waals surface area contributed by atoms with Crippen molar-refractivity contribution in [3.8, 4) is 0 Å². The predicted molar refractivity (Wildman–Crippen MR) is 123 cm³/mol. The Morgan fingerprint density at radius 3 is 2.33 bits per heavy atom. The number of nitrogens with zero attached hydrogens (tertiary/aromatic N) is 4. The minimum absolute atomic E-state index is 0.194. The van der Waals surface area contributed by atoms with E-state index in [4.69, 9.17) is 28.9 Å². The van der Waals surface area contributed by atoms with Crippen molar-refractivity contribution in [3.63, 3.8) is 0 Å². The fourth-order valence-electron chi connectivity index (χ4n) is 4.54. The molecule has 1 aliphatic carbocycles. The number of benzene rings is 1. The van der Waals surface area contributed by atoms with Crippen molar-refractivity contribution in [1.29, 1.82) is 0 Å². The molecular formula is C22H21Cl2N5S. The number of rotatable bonds is 3. The molecule has 1 aliphatic heterocycles. The van der Waals surface area contributed by atoms with Gasteiger partial charge in [0.05, 0.1) is 17.4 Å². The van der Waals surface area contributed by atoms with Crippen LogP contribution in [0.3, 0.4) is 0 Å². The lowest BCUT2D eigenvalue weighted by Crippen LogP contribution is -2.41. The standard InChI is InChI=1S/C22H21Cl2N5S/c23-20-16(9-17(25)28-21(20)24)30-19-13-26-18(12-27-19)29-7-5-22(6-8-29)10-14-3-1-2-4-15(14)11-22/h1-4,9,12-13H,5-8,10-11H2,(H2,25,28). The number of halogens is 2. The molecule has 1 spiro atoms. The summed E-state index contributed by atoms with van der Waals surface area (Å²) in [5.74, 6) is 1.25. The molecule has 2 aromatic heterocycles. The van der Waals surface area contributed by atoms with E-state index in [1.807, 2.05) is 6.20 Å². The van der Waals surface area contributed by atoms with E-state index in [9.17, 15) is 0 Å². The summed E-state index contributed by atoms with van der Waals surface area (Å²) in [5, 5.41) is 1.31. The molecule has 30 heavy (non-hydrogen) atoms. The molecule has 1 aromatic carbocycles. The Bertz CT molecular complexity index is 1050. The third-order valence-corrected chi connectivity index (χ3v) is 7.96. The summed E-state index contributed by atoms with van der Waals surface area (Å²) in [7, 11) is 0. The van der Waals surface area contributed by atoms with Crippen LogP contribution in [0.15, 0.2) is 52.6 Å². The van der Waals surface area contributed by atoms with Crippen molar-refractivity contribution in [2.24, 2.45) is 5.41 Å². The normalized spacial score (nSPS) is 17.3. The van der Waals surface area contributed by atoms with Crippen molar-refractivity contribution in [3.05, 3.63) is 64.0 Å². The van der Waals surface area contributed by atoms with Gasteiger partial charge in [-0.1, -0.05) is 59.2 Å². The van der Waals surface area contributed by atoms with Gasteiger partial charge in [0, 0.05) is 18.0 Å². The molecule has 2 aliphatic rings. The molecule has 0 bridgehead atoms. The maximum Gasteiger partial charge on any atom is 0.151 e. The predicted octanol–water partition coefficient (Wildman–Crippen LogP) is 5.30. The quantitative estimate of drug-likeness (QED) is 0.538. The third kappa shape index (κ3) is 3.84. The molecule has 3 heterocycles. The highest BCUT2D eigenvalue weighted by Crippen LogP contribution is 2.45. The number of piperidine rings is 1. The number of anilines is 2. The van der Waals surface area contributed by atoms with Crippen molar-refractivity contribution < 1.29 is 0 Å². The van der Waals surface area contributed by atoms with E-state index in [0.29, 0.717) is 16.3 Å². The number of nitrogens with two attached hydrogens (primary N) is 1. The van der Waals surface area contributed by atoms with Gasteiger partial charge in [-0.05, 0) is 48.3 Å². The van der Waals surface area contributed by atoms with Crippen LogP contribution in [0.1, 0.15) is 24.0 Å². The molecule has 5 nitrogen and oxygen atoms in total. The molecule has 0 saturated carbocycles. The number of pyridine rings is 1. The Balaban J connectivity index is 1.24. The van der Waals surface area contributed by atoms with Gasteiger partial charge in [0.25, 0.3) is 0 Å². The number of fused-ring (bicyclic) bond motifs is 1. The molecule has 1 saturated heterocycles. The molecular weight excluding hydrogens is 437 g/mol. The second-order valence-corrected chi connectivity index (χ2v) is 9.87. The second-order valence-electron chi connectivity index (χ2n) is 8.07. The van der Waals surface area contributed by atoms with Crippen LogP contribution in [0.5, 0.6) is 0 Å². The maximum atomic E-state index is 6.23. The fraction of sp³-hybridized carbons (Fsp3) is 0.318. The van der Waals surface area contributed by atoms with Crippen LogP contribution in [0.2, 0.25) is 10.2 Å². The van der Waals surface area contributed by atoms with Crippen molar-refractivity contribution in [2.75, 3.05) is 23.7 Å². The molecule has 0 unspecified atom stereocenters. The van der Waals surface area contributed by atoms with Gasteiger partial charge in [0.1, 0.15) is 16.7 Å². The Hall–Kier alpha value is -2.02. The van der Waals surface area contributed by atoms with E-state index in [-0.39, 0.29) is 5.15 Å². The zero-order chi connectivity index (χ0) is 20.7. The molecule has 1 fully saturated rings. The van der Waals surface area contributed by atoms with Crippen molar-refractivity contribution >= 4 is 46.6 Å². The van der Waals surface area contributed by atoms with Crippen molar-refractivity contribution in [2.45, 2.75) is 35.6 Å². The van der Waals surface area contributed by atoms with E-state index >= 15 is 0 Å². The minimum Gasteiger partial charge on any atom is -0.384 e. The van der Waals surface area contributed by atoms with Crippen LogP contribution in [-0.4, -0.2) is 28.0 Å². The summed E-state index contributed by atoms with van der Waals surface area (Å²) in [4.78, 5) is 16.2. The first-order valence-electron chi connectivity index (χ1n) is 9.95. The Labute approximate surface area is 190 Å². The van der Waals surface area contributed by atoms with Gasteiger partial charge in [-0.15, -0.1) is 0 Å². The van der Waals surface area contributed by atoms with Crippen LogP contribution in [-0.2, 0) is 12.8 Å². The largest absolute Gasteiger partial charge is 0.384 e. The minimum atomic E-state index is 0.194. The van der Waals surface area contributed by atoms with E-state index in [1.165, 1.54) is 48.6 Å². The van der Waals surface area contributed by atoms with Gasteiger partial charge < -0.3 is 10.6 Å². The molecule has 0 atom stereocenters. The summed E-state index contributed by atoms with van der Waals surface area (Å²) in [6.07, 6.45) is 8.39. The van der Waals surface area contributed by atoms with E-state index in [0.717, 1.165) is 28.8 Å². The Morgan fingerprint density at radius 1 is 1.00 bits per heavy atom. The summed E-state index contributed by atoms with van der Waals surface area (Å²) in [5.41, 5.74) is 9.25. The average Bonchev–Trinajstić information content (AvgIpc) is 3.10. The zero-order valence-corrected chi connectivity index (χ0v) is 18.6. The first-order chi connectivity index (χ1) is 14.5. The number of hydrogen-bond acceptors (Lipinski definition) is 6. The van der Waals surface area contributed by atoms with E-state index in [1.54, 1.807) is 12.3 Å². The lowest BCUT2D eigenvalue weighted by Gasteiger charge is -2.39. The molecule has 5 rings (SSSR count). The van der Waals surface area contributed by atoms with Crippen LogP contribution in [0.4, 0.5) is 11.6 Å². The highest BCUT2D eigenvalue weighted by molar-refractivity contribution is 7.99. The monoisotopic (exact) mass is 457 g/mol. The van der Waals surface area contributed by atoms with Gasteiger partial charge in [-0.3, -0.25) is 0 Å². The van der Waals surface area contributed by atoms with Crippen molar-refractivity contribution in [1.82, 2.24) is 15.0 Å². The zero-order valence-electron chi connectivity index (χ0n) is 16.3. The van der Waals surface area contributed by atoms with Crippen LogP contribution in [0.25, 0.3) is 0 Å². The summed E-state index contributed by atoms with van der Waals surface area (Å²) in [6.45, 7) is 2.02. The van der Waals surface area contributed by atoms with Gasteiger partial charge in [-0.2, -0.15) is 0 Å². The maximum absolute atomic E-state index is 6.23. The first-order valence-corrected chi connectivity index (χ1v) is 11.5. The van der Waals surface area contributed by atoms with Gasteiger partial charge in [0.2, 0.25) is 0 Å². The summed E-state index contributed by atoms with van der Waals surface area (Å²) in [6, 6.07) is 10.6. The molecule has 3 aromatic rings. The topological polar surface area (TPSA) is 67.9 Å². The van der Waals surface area contributed by atoms with Crippen LogP contribution < -0.4 is 10.6 Å². The lowest BCUT2D eigenvalue weighted by molar-refractivity contribution is 0.232.